The minimum absolute atomic E-state index is 0.0962. The molecule has 3 aliphatic rings. The van der Waals surface area contributed by atoms with E-state index in [1.807, 2.05) is 13.0 Å². The molecular formula is C15H22O4. The summed E-state index contributed by atoms with van der Waals surface area (Å²) in [5, 5.41) is 10.7. The van der Waals surface area contributed by atoms with Gasteiger partial charge < -0.3 is 5.11 Å². The molecule has 0 amide bonds. The Morgan fingerprint density at radius 3 is 2.74 bits per heavy atom. The molecule has 4 nitrogen and oxygen atoms in total. The average Bonchev–Trinajstić information content (AvgIpc) is 2.51. The molecule has 1 saturated heterocycles. The number of carbonyl (C=O) groups excluding carboxylic acids is 1. The smallest absolute Gasteiger partial charge is 0.205 e. The molecule has 0 unspecified atom stereocenters. The molecule has 2 aliphatic carbocycles. The molecular weight excluding hydrogens is 244 g/mol. The van der Waals surface area contributed by atoms with Gasteiger partial charge in [0.15, 0.2) is 5.78 Å². The Morgan fingerprint density at radius 2 is 2.11 bits per heavy atom. The zero-order valence-corrected chi connectivity index (χ0v) is 12.0. The van der Waals surface area contributed by atoms with Crippen LogP contribution in [-0.4, -0.2) is 22.3 Å². The molecule has 1 spiro atoms. The van der Waals surface area contributed by atoms with E-state index in [9.17, 15) is 9.90 Å². The summed E-state index contributed by atoms with van der Waals surface area (Å²) < 4.78 is 0. The van der Waals surface area contributed by atoms with E-state index in [1.165, 1.54) is 0 Å². The van der Waals surface area contributed by atoms with Gasteiger partial charge in [-0.25, -0.2) is 4.89 Å². The highest BCUT2D eigenvalue weighted by molar-refractivity contribution is 5.96. The second-order valence-corrected chi connectivity index (χ2v) is 6.83. The van der Waals surface area contributed by atoms with Gasteiger partial charge in [0.1, 0.15) is 5.60 Å². The fraction of sp³-hybridized carbons (Fsp3) is 0.800. The predicted molar refractivity (Wildman–Crippen MR) is 68.8 cm³/mol. The number of allylic oxidation sites excluding steroid dienone is 1. The third kappa shape index (κ3) is 1.60. The first kappa shape index (κ1) is 13.3. The lowest BCUT2D eigenvalue weighted by atomic mass is 9.55. The van der Waals surface area contributed by atoms with Crippen LogP contribution in [0.2, 0.25) is 0 Å². The number of ketones is 1. The van der Waals surface area contributed by atoms with Crippen molar-refractivity contribution in [1.29, 1.82) is 0 Å². The van der Waals surface area contributed by atoms with Crippen molar-refractivity contribution >= 4 is 5.78 Å². The average molecular weight is 266 g/mol. The number of Topliss-reactive ketones (excluding diaryl/α,β-unsaturated/α-hetero) is 1. The van der Waals surface area contributed by atoms with Gasteiger partial charge in [-0.2, -0.15) is 4.89 Å². The number of rotatable bonds is 1. The van der Waals surface area contributed by atoms with Gasteiger partial charge in [-0.15, -0.1) is 0 Å². The van der Waals surface area contributed by atoms with E-state index in [0.717, 1.165) is 5.57 Å². The van der Waals surface area contributed by atoms with Crippen LogP contribution in [-0.2, 0) is 14.6 Å². The number of aliphatic hydroxyl groups is 1. The van der Waals surface area contributed by atoms with Crippen LogP contribution < -0.4 is 0 Å². The number of carbonyl (C=O) groups is 1. The molecule has 2 fully saturated rings. The van der Waals surface area contributed by atoms with Crippen molar-refractivity contribution in [3.63, 3.8) is 0 Å². The van der Waals surface area contributed by atoms with Crippen molar-refractivity contribution in [2.24, 2.45) is 23.7 Å². The lowest BCUT2D eigenvalue weighted by molar-refractivity contribution is -0.386. The molecule has 0 aromatic heterocycles. The van der Waals surface area contributed by atoms with E-state index in [0.29, 0.717) is 12.8 Å². The molecule has 1 aliphatic heterocycles. The van der Waals surface area contributed by atoms with Gasteiger partial charge in [0, 0.05) is 18.8 Å². The summed E-state index contributed by atoms with van der Waals surface area (Å²) in [6.45, 7) is 8.04. The molecule has 0 aromatic rings. The van der Waals surface area contributed by atoms with Crippen LogP contribution in [0.15, 0.2) is 11.6 Å². The first-order valence-corrected chi connectivity index (χ1v) is 7.12. The van der Waals surface area contributed by atoms with Crippen molar-refractivity contribution in [2.45, 2.75) is 51.9 Å². The van der Waals surface area contributed by atoms with Crippen molar-refractivity contribution in [3.05, 3.63) is 11.6 Å². The van der Waals surface area contributed by atoms with Gasteiger partial charge in [0.25, 0.3) is 0 Å². The van der Waals surface area contributed by atoms with Crippen molar-refractivity contribution in [2.75, 3.05) is 0 Å². The van der Waals surface area contributed by atoms with Crippen LogP contribution in [0.3, 0.4) is 0 Å². The summed E-state index contributed by atoms with van der Waals surface area (Å²) in [5.74, 6) is -0.633. The lowest BCUT2D eigenvalue weighted by Gasteiger charge is -2.50. The van der Waals surface area contributed by atoms with Gasteiger partial charge in [0.2, 0.25) is 5.79 Å². The van der Waals surface area contributed by atoms with Crippen LogP contribution in [0.25, 0.3) is 0 Å². The second kappa shape index (κ2) is 3.90. The van der Waals surface area contributed by atoms with Crippen LogP contribution in [0.1, 0.15) is 40.5 Å². The highest BCUT2D eigenvalue weighted by Crippen LogP contribution is 2.60. The topological polar surface area (TPSA) is 55.8 Å². The maximum absolute atomic E-state index is 12.0. The number of hydrogen-bond donors (Lipinski definition) is 1. The molecule has 4 heteroatoms. The zero-order chi connectivity index (χ0) is 14.0. The first-order valence-electron chi connectivity index (χ1n) is 7.12. The molecule has 1 heterocycles. The lowest BCUT2D eigenvalue weighted by Crippen LogP contribution is -2.59. The molecule has 5 atom stereocenters. The molecule has 2 bridgehead atoms. The fourth-order valence-corrected chi connectivity index (χ4v) is 4.51. The summed E-state index contributed by atoms with van der Waals surface area (Å²) in [6, 6.07) is 0. The Morgan fingerprint density at radius 1 is 1.42 bits per heavy atom. The highest BCUT2D eigenvalue weighted by Gasteiger charge is 2.69. The van der Waals surface area contributed by atoms with Crippen LogP contribution in [0, 0.1) is 23.7 Å². The first-order chi connectivity index (χ1) is 8.80. The van der Waals surface area contributed by atoms with Crippen LogP contribution >= 0.6 is 0 Å². The quantitative estimate of drug-likeness (QED) is 0.739. The van der Waals surface area contributed by atoms with Crippen molar-refractivity contribution < 1.29 is 19.7 Å². The summed E-state index contributed by atoms with van der Waals surface area (Å²) in [4.78, 5) is 23.0. The Kier molecular flexibility index (Phi) is 2.73. The van der Waals surface area contributed by atoms with E-state index in [1.54, 1.807) is 0 Å². The Hall–Kier alpha value is -0.710. The van der Waals surface area contributed by atoms with E-state index in [2.05, 4.69) is 20.8 Å². The fourth-order valence-electron chi connectivity index (χ4n) is 4.51. The van der Waals surface area contributed by atoms with Crippen molar-refractivity contribution in [1.82, 2.24) is 0 Å². The molecule has 1 N–H and O–H groups in total. The van der Waals surface area contributed by atoms with Gasteiger partial charge >= 0.3 is 0 Å². The van der Waals surface area contributed by atoms with E-state index in [-0.39, 0.29) is 29.5 Å². The third-order valence-corrected chi connectivity index (χ3v) is 5.14. The highest BCUT2D eigenvalue weighted by atomic mass is 17.2. The number of hydrogen-bond acceptors (Lipinski definition) is 4. The largest absolute Gasteiger partial charge is 0.363 e. The summed E-state index contributed by atoms with van der Waals surface area (Å²) >= 11 is 0. The van der Waals surface area contributed by atoms with Gasteiger partial charge in [-0.05, 0) is 30.4 Å². The molecule has 0 aromatic carbocycles. The molecule has 106 valence electrons. The molecule has 0 radical (unpaired) electrons. The number of fused-ring (bicyclic) bond motifs is 1. The molecule has 1 saturated carbocycles. The Balaban J connectivity index is 2.15. The third-order valence-electron chi connectivity index (χ3n) is 5.14. The molecule has 3 rings (SSSR count). The normalized spacial score (nSPS) is 49.3. The zero-order valence-electron chi connectivity index (χ0n) is 12.0. The predicted octanol–water partition coefficient (Wildman–Crippen LogP) is 2.22. The Labute approximate surface area is 113 Å². The summed E-state index contributed by atoms with van der Waals surface area (Å²) in [6.07, 6.45) is 2.93. The van der Waals surface area contributed by atoms with E-state index >= 15 is 0 Å². The standard InChI is InChI=1S/C15H22O4/c1-8(2)13-14-6-10(4)12(16)5-11(14)9(3)7-15(13,17)19-18-14/h6,8-9,11,13,17H,5,7H2,1-4H3/t9-,11+,13+,14-,15+/m0/s1. The van der Waals surface area contributed by atoms with E-state index < -0.39 is 11.4 Å². The minimum Gasteiger partial charge on any atom is -0.363 e. The van der Waals surface area contributed by atoms with Gasteiger partial charge in [-0.3, -0.25) is 4.79 Å². The van der Waals surface area contributed by atoms with E-state index in [4.69, 9.17) is 9.78 Å². The minimum atomic E-state index is -1.22. The molecule has 19 heavy (non-hydrogen) atoms. The summed E-state index contributed by atoms with van der Waals surface area (Å²) in [5.41, 5.74) is 0.0855. The Bertz CT molecular complexity index is 455. The maximum atomic E-state index is 12.0. The second-order valence-electron chi connectivity index (χ2n) is 6.83. The van der Waals surface area contributed by atoms with Crippen molar-refractivity contribution in [3.8, 4) is 0 Å². The van der Waals surface area contributed by atoms with Crippen LogP contribution in [0.4, 0.5) is 0 Å². The SMILES string of the molecule is CC1=C[C@]23OO[C@](O)(C[C@H](C)[C@H]2CC1=O)[C@@H]3C(C)C. The maximum Gasteiger partial charge on any atom is 0.205 e. The van der Waals surface area contributed by atoms with Gasteiger partial charge in [-0.1, -0.05) is 20.8 Å². The summed E-state index contributed by atoms with van der Waals surface area (Å²) in [7, 11) is 0. The monoisotopic (exact) mass is 266 g/mol. The van der Waals surface area contributed by atoms with Gasteiger partial charge in [0.05, 0.1) is 5.92 Å². The van der Waals surface area contributed by atoms with Crippen LogP contribution in [0.5, 0.6) is 0 Å².